The van der Waals surface area contributed by atoms with E-state index in [1.54, 1.807) is 0 Å². The monoisotopic (exact) mass is 317 g/mol. The van der Waals surface area contributed by atoms with Crippen molar-refractivity contribution in [1.29, 1.82) is 0 Å². The first-order valence-electron chi connectivity index (χ1n) is 7.47. The van der Waals surface area contributed by atoms with Gasteiger partial charge in [0.2, 0.25) is 0 Å². The van der Waals surface area contributed by atoms with Crippen LogP contribution >= 0.6 is 12.6 Å². The van der Waals surface area contributed by atoms with Gasteiger partial charge < -0.3 is 4.23 Å². The van der Waals surface area contributed by atoms with Gasteiger partial charge in [-0.25, -0.2) is 0 Å². The molecule has 2 nitrogen and oxygen atoms in total. The first kappa shape index (κ1) is 17.5. The van der Waals surface area contributed by atoms with Crippen molar-refractivity contribution in [3.63, 3.8) is 0 Å². The van der Waals surface area contributed by atoms with E-state index in [1.165, 1.54) is 6.42 Å². The average molecular weight is 318 g/mol. The molecule has 2 unspecified atom stereocenters. The molecule has 0 N–H and O–H groups in total. The first-order valence-corrected chi connectivity index (χ1v) is 14.8. The predicted molar refractivity (Wildman–Crippen MR) is 92.9 cm³/mol. The topological polar surface area (TPSA) is 20.3 Å². The molecule has 1 saturated carbocycles. The minimum Gasteiger partial charge on any atom is -0.343 e. The Hall–Kier alpha value is 0.414. The highest BCUT2D eigenvalue weighted by atomic mass is 32.1. The van der Waals surface area contributed by atoms with E-state index in [-0.39, 0.29) is 10.5 Å². The van der Waals surface area contributed by atoms with Gasteiger partial charge in [0.1, 0.15) is 16.5 Å². The van der Waals surface area contributed by atoms with Gasteiger partial charge >= 0.3 is 0 Å². The molecule has 0 aliphatic heterocycles. The molecular formula is C14H31NOSSi2. The molecule has 0 amide bonds. The summed E-state index contributed by atoms with van der Waals surface area (Å²) in [7, 11) is -2.68. The van der Waals surface area contributed by atoms with Gasteiger partial charge in [-0.1, -0.05) is 46.2 Å². The Labute approximate surface area is 126 Å². The van der Waals surface area contributed by atoms with Crippen molar-refractivity contribution in [2.24, 2.45) is 5.41 Å². The Morgan fingerprint density at radius 3 is 1.95 bits per heavy atom. The van der Waals surface area contributed by atoms with Crippen LogP contribution in [0.15, 0.2) is 0 Å². The lowest BCUT2D eigenvalue weighted by Gasteiger charge is -2.48. The fourth-order valence-corrected chi connectivity index (χ4v) is 15.1. The number of thiol groups is 1. The van der Waals surface area contributed by atoms with E-state index in [2.05, 4.69) is 63.1 Å². The maximum absolute atomic E-state index is 11.9. The maximum atomic E-state index is 11.9. The van der Waals surface area contributed by atoms with E-state index in [0.29, 0.717) is 6.04 Å². The van der Waals surface area contributed by atoms with Crippen molar-refractivity contribution in [3.05, 3.63) is 0 Å². The van der Waals surface area contributed by atoms with Gasteiger partial charge in [-0.2, -0.15) is 0 Å². The van der Waals surface area contributed by atoms with Crippen molar-refractivity contribution in [2.45, 2.75) is 77.9 Å². The van der Waals surface area contributed by atoms with Gasteiger partial charge in [0.15, 0.2) is 5.12 Å². The van der Waals surface area contributed by atoms with Crippen LogP contribution in [0.1, 0.15) is 32.6 Å². The van der Waals surface area contributed by atoms with E-state index in [9.17, 15) is 4.79 Å². The summed E-state index contributed by atoms with van der Waals surface area (Å²) >= 11 is 4.18. The lowest BCUT2D eigenvalue weighted by atomic mass is 9.85. The van der Waals surface area contributed by atoms with Crippen molar-refractivity contribution >= 4 is 34.2 Å². The van der Waals surface area contributed by atoms with Gasteiger partial charge in [-0.3, -0.25) is 4.79 Å². The number of rotatable bonds is 5. The Balaban J connectivity index is 3.01. The first-order chi connectivity index (χ1) is 8.44. The molecule has 1 aliphatic carbocycles. The molecule has 2 atom stereocenters. The zero-order valence-electron chi connectivity index (χ0n) is 13.7. The summed E-state index contributed by atoms with van der Waals surface area (Å²) in [6.07, 6.45) is 4.17. The number of hydrogen-bond acceptors (Lipinski definition) is 2. The van der Waals surface area contributed by atoms with Gasteiger partial charge in [0.05, 0.1) is 0 Å². The number of carbonyl (C=O) groups excluding carboxylic acids is 1. The Morgan fingerprint density at radius 1 is 1.21 bits per heavy atom. The quantitative estimate of drug-likeness (QED) is 0.600. The molecule has 0 spiro atoms. The third kappa shape index (κ3) is 3.74. The zero-order valence-corrected chi connectivity index (χ0v) is 16.6. The van der Waals surface area contributed by atoms with Gasteiger partial charge in [-0.15, -0.1) is 12.6 Å². The molecule has 0 bridgehead atoms. The molecule has 0 aromatic rings. The summed E-state index contributed by atoms with van der Waals surface area (Å²) in [4.78, 5) is 11.9. The second-order valence-electron chi connectivity index (χ2n) is 8.05. The van der Waals surface area contributed by atoms with E-state index in [4.69, 9.17) is 0 Å². The molecule has 0 saturated heterocycles. The van der Waals surface area contributed by atoms with Crippen molar-refractivity contribution in [1.82, 2.24) is 4.23 Å². The molecule has 0 radical (unpaired) electrons. The van der Waals surface area contributed by atoms with Gasteiger partial charge in [0, 0.05) is 5.41 Å². The van der Waals surface area contributed by atoms with E-state index >= 15 is 0 Å². The molecule has 1 aliphatic rings. The van der Waals surface area contributed by atoms with Crippen LogP contribution in [0.5, 0.6) is 0 Å². The highest BCUT2D eigenvalue weighted by molar-refractivity contribution is 7.96. The smallest absolute Gasteiger partial charge is 0.192 e. The molecule has 1 rings (SSSR count). The van der Waals surface area contributed by atoms with Crippen molar-refractivity contribution in [3.8, 4) is 0 Å². The number of hydrogen-bond donors (Lipinski definition) is 1. The lowest BCUT2D eigenvalue weighted by Crippen LogP contribution is -2.62. The minimum absolute atomic E-state index is 0.114. The van der Waals surface area contributed by atoms with E-state index in [0.717, 1.165) is 19.3 Å². The second-order valence-corrected chi connectivity index (χ2v) is 18.5. The summed E-state index contributed by atoms with van der Waals surface area (Å²) in [5.41, 5.74) is -0.147. The Kier molecular flexibility index (Phi) is 5.20. The van der Waals surface area contributed by atoms with Gasteiger partial charge in [0.25, 0.3) is 0 Å². The minimum atomic E-state index is -1.34. The molecule has 0 heterocycles. The summed E-state index contributed by atoms with van der Waals surface area (Å²) < 4.78 is 2.87. The van der Waals surface area contributed by atoms with E-state index in [1.807, 2.05) is 0 Å². The van der Waals surface area contributed by atoms with Crippen LogP contribution in [0.25, 0.3) is 0 Å². The summed E-state index contributed by atoms with van der Waals surface area (Å²) in [5.74, 6) is 0. The van der Waals surface area contributed by atoms with E-state index < -0.39 is 16.5 Å². The second kappa shape index (κ2) is 5.66. The van der Waals surface area contributed by atoms with Crippen molar-refractivity contribution < 1.29 is 4.79 Å². The fraction of sp³-hybridized carbons (Fsp3) is 0.929. The fourth-order valence-electron chi connectivity index (χ4n) is 4.09. The molecule has 112 valence electrons. The normalized spacial score (nSPS) is 29.0. The lowest BCUT2D eigenvalue weighted by molar-refractivity contribution is -0.119. The Bertz CT molecular complexity index is 334. The van der Waals surface area contributed by atoms with Crippen LogP contribution < -0.4 is 0 Å². The molecule has 5 heteroatoms. The maximum Gasteiger partial charge on any atom is 0.192 e. The third-order valence-electron chi connectivity index (χ3n) is 4.52. The van der Waals surface area contributed by atoms with Crippen molar-refractivity contribution in [2.75, 3.05) is 0 Å². The average Bonchev–Trinajstić information content (AvgIpc) is 2.58. The molecule has 1 fully saturated rings. The van der Waals surface area contributed by atoms with Crippen LogP contribution in [0.3, 0.4) is 0 Å². The van der Waals surface area contributed by atoms with Crippen LogP contribution in [0.4, 0.5) is 0 Å². The highest BCUT2D eigenvalue weighted by Crippen LogP contribution is 2.46. The summed E-state index contributed by atoms with van der Waals surface area (Å²) in [6.45, 7) is 16.8. The molecule has 0 aromatic carbocycles. The third-order valence-corrected chi connectivity index (χ3v) is 12.6. The number of carbonyl (C=O) groups is 1. The summed E-state index contributed by atoms with van der Waals surface area (Å²) in [5, 5.41) is 0.114. The van der Waals surface area contributed by atoms with Crippen LogP contribution in [0.2, 0.25) is 39.3 Å². The standard InChI is InChI=1S/C14H31NOSSi2/c1-8-14(13(16)17)10-9-12(11-14)15(18(2,3)4)19(5,6)7/h12H,8-11H2,1-7H3,(H,16,17). The summed E-state index contributed by atoms with van der Waals surface area (Å²) in [6, 6.07) is 0.606. The van der Waals surface area contributed by atoms with Gasteiger partial charge in [-0.05, 0) is 31.7 Å². The highest BCUT2D eigenvalue weighted by Gasteiger charge is 2.48. The number of nitrogens with zero attached hydrogens (tertiary/aromatic N) is 1. The van der Waals surface area contributed by atoms with Crippen LogP contribution in [-0.4, -0.2) is 31.9 Å². The predicted octanol–water partition coefficient (Wildman–Crippen LogP) is 4.36. The Morgan fingerprint density at radius 2 is 1.68 bits per heavy atom. The van der Waals surface area contributed by atoms with Crippen LogP contribution in [0, 0.1) is 5.41 Å². The van der Waals surface area contributed by atoms with Crippen LogP contribution in [-0.2, 0) is 4.79 Å². The SMILES string of the molecule is CCC1(C(=O)S)CCC(N([Si](C)(C)C)[Si](C)(C)C)C1. The zero-order chi connectivity index (χ0) is 15.1. The largest absolute Gasteiger partial charge is 0.343 e. The molecular weight excluding hydrogens is 286 g/mol. The molecule has 19 heavy (non-hydrogen) atoms. The molecule has 0 aromatic heterocycles.